The average Bonchev–Trinajstić information content (AvgIpc) is 2.42. The fraction of sp³-hybridized carbons (Fsp3) is 0.0769. The molecule has 0 aliphatic rings. The Labute approximate surface area is 119 Å². The van der Waals surface area contributed by atoms with E-state index in [4.69, 9.17) is 5.73 Å². The molecular weight excluding hydrogens is 305 g/mol. The van der Waals surface area contributed by atoms with Gasteiger partial charge in [0, 0.05) is 18.2 Å². The minimum absolute atomic E-state index is 0.234. The van der Waals surface area contributed by atoms with E-state index in [1.54, 1.807) is 0 Å². The number of hydrogen-bond acceptors (Lipinski definition) is 3. The topological polar surface area (TPSA) is 72.2 Å². The van der Waals surface area contributed by atoms with Gasteiger partial charge in [0.05, 0.1) is 10.6 Å². The molecule has 4 nitrogen and oxygen atoms in total. The van der Waals surface area contributed by atoms with Gasteiger partial charge in [-0.3, -0.25) is 4.72 Å². The first-order valence-corrected chi connectivity index (χ1v) is 7.29. The van der Waals surface area contributed by atoms with E-state index < -0.39 is 38.1 Å². The van der Waals surface area contributed by atoms with E-state index in [-0.39, 0.29) is 12.1 Å². The largest absolute Gasteiger partial charge is 0.326 e. The second kappa shape index (κ2) is 5.74. The Morgan fingerprint density at radius 2 is 1.76 bits per heavy atom. The van der Waals surface area contributed by atoms with Crippen molar-refractivity contribution in [1.29, 1.82) is 0 Å². The molecule has 0 heterocycles. The maximum Gasteiger partial charge on any atom is 0.262 e. The highest BCUT2D eigenvalue weighted by Crippen LogP contribution is 2.23. The van der Waals surface area contributed by atoms with Gasteiger partial charge in [-0.15, -0.1) is 0 Å². The summed E-state index contributed by atoms with van der Waals surface area (Å²) in [4.78, 5) is -0.423. The molecule has 2 aromatic rings. The Balaban J connectivity index is 2.48. The second-order valence-electron chi connectivity index (χ2n) is 4.15. The predicted octanol–water partition coefficient (Wildman–Crippen LogP) is 2.36. The first kappa shape index (κ1) is 15.3. The molecule has 0 spiro atoms. The van der Waals surface area contributed by atoms with Crippen LogP contribution in [0, 0.1) is 17.5 Å². The molecule has 0 aliphatic heterocycles. The highest BCUT2D eigenvalue weighted by Gasteiger charge is 2.21. The fourth-order valence-electron chi connectivity index (χ4n) is 1.76. The van der Waals surface area contributed by atoms with Crippen LogP contribution in [0.15, 0.2) is 41.3 Å². The van der Waals surface area contributed by atoms with Gasteiger partial charge in [0.2, 0.25) is 0 Å². The number of nitrogens with two attached hydrogens (primary N) is 1. The van der Waals surface area contributed by atoms with Crippen LogP contribution < -0.4 is 10.5 Å². The minimum Gasteiger partial charge on any atom is -0.326 e. The molecule has 112 valence electrons. The van der Waals surface area contributed by atoms with Crippen LogP contribution in [-0.2, 0) is 16.6 Å². The third-order valence-corrected chi connectivity index (χ3v) is 4.19. The van der Waals surface area contributed by atoms with Crippen LogP contribution in [0.5, 0.6) is 0 Å². The fourth-order valence-corrected chi connectivity index (χ4v) is 3.08. The van der Waals surface area contributed by atoms with Crippen LogP contribution in [0.3, 0.4) is 0 Å². The van der Waals surface area contributed by atoms with E-state index in [1.165, 1.54) is 6.07 Å². The number of rotatable bonds is 4. The molecule has 0 bridgehead atoms. The number of nitrogens with one attached hydrogen (secondary N) is 1. The maximum atomic E-state index is 13.6. The van der Waals surface area contributed by atoms with Crippen LogP contribution in [-0.4, -0.2) is 8.42 Å². The highest BCUT2D eigenvalue weighted by atomic mass is 32.2. The summed E-state index contributed by atoms with van der Waals surface area (Å²) in [5.41, 5.74) is 4.53. The summed E-state index contributed by atoms with van der Waals surface area (Å²) >= 11 is 0. The van der Waals surface area contributed by atoms with Crippen molar-refractivity contribution in [3.8, 4) is 0 Å². The van der Waals surface area contributed by atoms with Crippen LogP contribution in [0.2, 0.25) is 0 Å². The molecular formula is C13H11F3N2O2S. The SMILES string of the molecule is NCc1c(F)cccc1S(=O)(=O)Nc1cc(F)ccc1F. The Kier molecular flexibility index (Phi) is 4.19. The summed E-state index contributed by atoms with van der Waals surface area (Å²) in [6, 6.07) is 5.69. The Bertz CT molecular complexity index is 779. The molecule has 0 radical (unpaired) electrons. The first-order chi connectivity index (χ1) is 9.85. The van der Waals surface area contributed by atoms with E-state index in [2.05, 4.69) is 0 Å². The van der Waals surface area contributed by atoms with Gasteiger partial charge in [0.15, 0.2) is 0 Å². The molecule has 2 rings (SSSR count). The van der Waals surface area contributed by atoms with Crippen molar-refractivity contribution in [2.45, 2.75) is 11.4 Å². The zero-order valence-electron chi connectivity index (χ0n) is 10.6. The van der Waals surface area contributed by atoms with Crippen molar-refractivity contribution >= 4 is 15.7 Å². The molecule has 0 aromatic heterocycles. The number of anilines is 1. The molecule has 0 fully saturated rings. The van der Waals surface area contributed by atoms with Gasteiger partial charge >= 0.3 is 0 Å². The number of sulfonamides is 1. The van der Waals surface area contributed by atoms with E-state index >= 15 is 0 Å². The van der Waals surface area contributed by atoms with Gasteiger partial charge < -0.3 is 5.73 Å². The molecule has 0 amide bonds. The van der Waals surface area contributed by atoms with Gasteiger partial charge in [0.1, 0.15) is 17.5 Å². The molecule has 0 unspecified atom stereocenters. The standard InChI is InChI=1S/C13H11F3N2O2S/c14-8-4-5-11(16)12(6-8)18-21(19,20)13-3-1-2-10(15)9(13)7-17/h1-6,18H,7,17H2. The van der Waals surface area contributed by atoms with Crippen molar-refractivity contribution in [3.63, 3.8) is 0 Å². The lowest BCUT2D eigenvalue weighted by Gasteiger charge is -2.12. The zero-order valence-corrected chi connectivity index (χ0v) is 11.4. The summed E-state index contributed by atoms with van der Waals surface area (Å²) in [5, 5.41) is 0. The maximum absolute atomic E-state index is 13.6. The monoisotopic (exact) mass is 316 g/mol. The van der Waals surface area contributed by atoms with Crippen LogP contribution in [0.1, 0.15) is 5.56 Å². The third kappa shape index (κ3) is 3.17. The van der Waals surface area contributed by atoms with Crippen molar-refractivity contribution in [2.75, 3.05) is 4.72 Å². The van der Waals surface area contributed by atoms with Crippen LogP contribution in [0.4, 0.5) is 18.9 Å². The Hall–Kier alpha value is -2.06. The zero-order chi connectivity index (χ0) is 15.6. The summed E-state index contributed by atoms with van der Waals surface area (Å²) in [6.07, 6.45) is 0. The molecule has 0 saturated carbocycles. The summed E-state index contributed by atoms with van der Waals surface area (Å²) in [5.74, 6) is -2.56. The van der Waals surface area contributed by atoms with Gasteiger partial charge in [0.25, 0.3) is 10.0 Å². The van der Waals surface area contributed by atoms with E-state index in [0.29, 0.717) is 6.07 Å². The van der Waals surface area contributed by atoms with Gasteiger partial charge in [-0.05, 0) is 24.3 Å². The predicted molar refractivity (Wildman–Crippen MR) is 71.5 cm³/mol. The highest BCUT2D eigenvalue weighted by molar-refractivity contribution is 7.92. The van der Waals surface area contributed by atoms with Gasteiger partial charge in [-0.25, -0.2) is 21.6 Å². The van der Waals surface area contributed by atoms with Crippen molar-refractivity contribution in [3.05, 3.63) is 59.4 Å². The number of hydrogen-bond donors (Lipinski definition) is 2. The van der Waals surface area contributed by atoms with Crippen LogP contribution >= 0.6 is 0 Å². The first-order valence-electron chi connectivity index (χ1n) is 5.80. The van der Waals surface area contributed by atoms with Crippen LogP contribution in [0.25, 0.3) is 0 Å². The van der Waals surface area contributed by atoms with Crippen molar-refractivity contribution in [1.82, 2.24) is 0 Å². The van der Waals surface area contributed by atoms with E-state index in [0.717, 1.165) is 24.3 Å². The Morgan fingerprint density at radius 1 is 1.05 bits per heavy atom. The summed E-state index contributed by atoms with van der Waals surface area (Å²) in [7, 11) is -4.29. The molecule has 0 saturated heterocycles. The van der Waals surface area contributed by atoms with Gasteiger partial charge in [-0.2, -0.15) is 0 Å². The molecule has 8 heteroatoms. The van der Waals surface area contributed by atoms with Crippen molar-refractivity contribution < 1.29 is 21.6 Å². The molecule has 3 N–H and O–H groups in total. The smallest absolute Gasteiger partial charge is 0.262 e. The normalized spacial score (nSPS) is 11.4. The van der Waals surface area contributed by atoms with Gasteiger partial charge in [-0.1, -0.05) is 6.07 Å². The van der Waals surface area contributed by atoms with E-state index in [9.17, 15) is 21.6 Å². The quantitative estimate of drug-likeness (QED) is 0.909. The number of halogens is 3. The summed E-state index contributed by atoms with van der Waals surface area (Å²) in [6.45, 7) is -0.353. The molecule has 21 heavy (non-hydrogen) atoms. The lowest BCUT2D eigenvalue weighted by molar-refractivity contribution is 0.583. The molecule has 0 aliphatic carbocycles. The molecule has 2 aromatic carbocycles. The minimum atomic E-state index is -4.29. The molecule has 0 atom stereocenters. The lowest BCUT2D eigenvalue weighted by Crippen LogP contribution is -2.18. The number of benzene rings is 2. The summed E-state index contributed by atoms with van der Waals surface area (Å²) < 4.78 is 66.3. The third-order valence-electron chi connectivity index (χ3n) is 2.74. The Morgan fingerprint density at radius 3 is 2.43 bits per heavy atom. The van der Waals surface area contributed by atoms with E-state index in [1.807, 2.05) is 4.72 Å². The average molecular weight is 316 g/mol. The second-order valence-corrected chi connectivity index (χ2v) is 5.80. The van der Waals surface area contributed by atoms with Crippen molar-refractivity contribution in [2.24, 2.45) is 5.73 Å². The lowest BCUT2D eigenvalue weighted by atomic mass is 10.2.